The van der Waals surface area contributed by atoms with Crippen LogP contribution in [0.5, 0.6) is 0 Å². The number of carbonyl (C=O) groups excluding carboxylic acids is 1. The fourth-order valence-corrected chi connectivity index (χ4v) is 4.28. The quantitative estimate of drug-likeness (QED) is 0.766. The van der Waals surface area contributed by atoms with Crippen LogP contribution in [0.2, 0.25) is 0 Å². The Morgan fingerprint density at radius 3 is 2.67 bits per heavy atom. The molecule has 4 rings (SSSR count). The molecule has 9 heteroatoms. The minimum Gasteiger partial charge on any atom is -0.383 e. The molecule has 1 aliphatic carbocycles. The van der Waals surface area contributed by atoms with Gasteiger partial charge >= 0.3 is 6.18 Å². The molecule has 2 N–H and O–H groups in total. The normalized spacial score (nSPS) is 21.4. The van der Waals surface area contributed by atoms with Gasteiger partial charge in [-0.3, -0.25) is 14.5 Å². The number of aliphatic hydroxyl groups is 1. The number of hydrogen-bond donors (Lipinski definition) is 2. The Morgan fingerprint density at radius 1 is 1.30 bits per heavy atom. The molecule has 0 bridgehead atoms. The number of halogens is 3. The first-order chi connectivity index (χ1) is 14.1. The largest absolute Gasteiger partial charge is 0.392 e. The lowest BCUT2D eigenvalue weighted by atomic mass is 9.78. The van der Waals surface area contributed by atoms with E-state index in [1.54, 1.807) is 22.9 Å². The number of carbonyl (C=O) groups is 1. The van der Waals surface area contributed by atoms with Crippen molar-refractivity contribution in [1.82, 2.24) is 14.8 Å². The van der Waals surface area contributed by atoms with Gasteiger partial charge in [0.15, 0.2) is 5.82 Å². The summed E-state index contributed by atoms with van der Waals surface area (Å²) in [5, 5.41) is 17.9. The molecular weight excluding hydrogens is 397 g/mol. The molecule has 0 radical (unpaired) electrons. The molecule has 6 nitrogen and oxygen atoms in total. The van der Waals surface area contributed by atoms with Crippen LogP contribution < -0.4 is 5.32 Å². The lowest BCUT2D eigenvalue weighted by Crippen LogP contribution is -2.32. The van der Waals surface area contributed by atoms with Crippen molar-refractivity contribution in [2.75, 3.05) is 5.32 Å². The third-order valence-corrected chi connectivity index (χ3v) is 6.18. The topological polar surface area (TPSA) is 80.0 Å². The molecule has 2 aliphatic rings. The van der Waals surface area contributed by atoms with Gasteiger partial charge in [0, 0.05) is 30.4 Å². The third kappa shape index (κ3) is 4.08. The molecule has 1 amide bonds. The van der Waals surface area contributed by atoms with E-state index in [4.69, 9.17) is 0 Å². The third-order valence-electron chi connectivity index (χ3n) is 6.18. The maximum atomic E-state index is 13.3. The second-order valence-corrected chi connectivity index (χ2v) is 8.51. The van der Waals surface area contributed by atoms with Gasteiger partial charge in [0.05, 0.1) is 18.0 Å². The van der Waals surface area contributed by atoms with Crippen molar-refractivity contribution in [2.24, 2.45) is 5.92 Å². The zero-order chi connectivity index (χ0) is 21.5. The van der Waals surface area contributed by atoms with E-state index in [0.29, 0.717) is 17.2 Å². The zero-order valence-electron chi connectivity index (χ0n) is 16.7. The molecule has 1 saturated carbocycles. The summed E-state index contributed by atoms with van der Waals surface area (Å²) in [6.07, 6.45) is -0.281. The minimum atomic E-state index is -4.24. The summed E-state index contributed by atoms with van der Waals surface area (Å²) >= 11 is 0. The first kappa shape index (κ1) is 20.8. The van der Waals surface area contributed by atoms with Crippen LogP contribution in [0, 0.1) is 5.92 Å². The van der Waals surface area contributed by atoms with Gasteiger partial charge in [0.2, 0.25) is 5.91 Å². The highest BCUT2D eigenvalue weighted by molar-refractivity contribution is 5.91. The van der Waals surface area contributed by atoms with Gasteiger partial charge in [0.25, 0.3) is 0 Å². The van der Waals surface area contributed by atoms with Crippen LogP contribution in [0.3, 0.4) is 0 Å². The summed E-state index contributed by atoms with van der Waals surface area (Å²) in [4.78, 5) is 16.8. The summed E-state index contributed by atoms with van der Waals surface area (Å²) in [6.45, 7) is 1.69. The molecule has 2 unspecified atom stereocenters. The van der Waals surface area contributed by atoms with E-state index in [0.717, 1.165) is 24.8 Å². The second kappa shape index (κ2) is 7.68. The van der Waals surface area contributed by atoms with Gasteiger partial charge in [-0.05, 0) is 44.2 Å². The highest BCUT2D eigenvalue weighted by Gasteiger charge is 2.44. The molecule has 2 aromatic rings. The number of aryl methyl sites for hydroxylation is 1. The van der Waals surface area contributed by atoms with Crippen molar-refractivity contribution >= 4 is 11.7 Å². The number of alkyl halides is 3. The molecule has 1 fully saturated rings. The number of nitrogens with zero attached hydrogens (tertiary/aromatic N) is 3. The van der Waals surface area contributed by atoms with Crippen LogP contribution in [-0.2, 0) is 23.4 Å². The predicted molar refractivity (Wildman–Crippen MR) is 104 cm³/mol. The Kier molecular flexibility index (Phi) is 5.34. The van der Waals surface area contributed by atoms with Gasteiger partial charge in [-0.15, -0.1) is 0 Å². The summed E-state index contributed by atoms with van der Waals surface area (Å²) in [6, 6.07) is 5.08. The van der Waals surface area contributed by atoms with E-state index in [1.165, 1.54) is 13.1 Å². The average molecular weight is 422 g/mol. The summed E-state index contributed by atoms with van der Waals surface area (Å²) < 4.78 is 41.5. The maximum absolute atomic E-state index is 13.3. The Morgan fingerprint density at radius 2 is 2.07 bits per heavy atom. The summed E-state index contributed by atoms with van der Waals surface area (Å²) in [5.41, 5.74) is 0.223. The number of nitrogens with one attached hydrogen (secondary N) is 1. The average Bonchev–Trinajstić information content (AvgIpc) is 2.97. The Balaban J connectivity index is 1.56. The van der Waals surface area contributed by atoms with Crippen molar-refractivity contribution in [3.63, 3.8) is 0 Å². The fourth-order valence-electron chi connectivity index (χ4n) is 4.28. The van der Waals surface area contributed by atoms with Crippen molar-refractivity contribution in [2.45, 2.75) is 69.7 Å². The lowest BCUT2D eigenvalue weighted by molar-refractivity contribution is -0.179. The number of anilines is 1. The van der Waals surface area contributed by atoms with Gasteiger partial charge in [-0.1, -0.05) is 12.5 Å². The number of pyridine rings is 1. The smallest absolute Gasteiger partial charge is 0.383 e. The van der Waals surface area contributed by atoms with E-state index in [2.05, 4.69) is 15.4 Å². The van der Waals surface area contributed by atoms with E-state index >= 15 is 0 Å². The van der Waals surface area contributed by atoms with Crippen LogP contribution in [0.4, 0.5) is 19.0 Å². The van der Waals surface area contributed by atoms with Crippen molar-refractivity contribution in [3.8, 4) is 0 Å². The molecule has 3 heterocycles. The number of amides is 1. The number of fused-ring (bicyclic) bond motifs is 1. The highest BCUT2D eigenvalue weighted by atomic mass is 19.4. The van der Waals surface area contributed by atoms with E-state index < -0.39 is 23.6 Å². The zero-order valence-corrected chi connectivity index (χ0v) is 16.7. The van der Waals surface area contributed by atoms with Crippen molar-refractivity contribution in [3.05, 3.63) is 41.3 Å². The van der Waals surface area contributed by atoms with Gasteiger partial charge in [-0.25, -0.2) is 0 Å². The molecule has 0 saturated heterocycles. The molecular formula is C21H25F3N4O2. The molecule has 2 atom stereocenters. The minimum absolute atomic E-state index is 0.00986. The lowest BCUT2D eigenvalue weighted by Gasteiger charge is -2.30. The van der Waals surface area contributed by atoms with Gasteiger partial charge in [-0.2, -0.15) is 18.3 Å². The number of aromatic nitrogens is 3. The van der Waals surface area contributed by atoms with Crippen LogP contribution in [-0.4, -0.2) is 32.0 Å². The molecule has 162 valence electrons. The predicted octanol–water partition coefficient (Wildman–Crippen LogP) is 3.91. The van der Waals surface area contributed by atoms with E-state index in [9.17, 15) is 23.1 Å². The molecule has 0 spiro atoms. The van der Waals surface area contributed by atoms with Crippen LogP contribution >= 0.6 is 0 Å². The molecule has 2 aromatic heterocycles. The standard InChI is InChI=1S/C21H25F3N4O2/c1-20(30,16-7-2-3-9-25-16)12-17(29)26-19-18(13-5-4-6-13)15-11-14(21(22,23)24)8-10-28(15)27-19/h2-3,7,9,13-14,30H,4-6,8,10-12H2,1H3,(H,26,27,29). The van der Waals surface area contributed by atoms with E-state index in [-0.39, 0.29) is 31.7 Å². The van der Waals surface area contributed by atoms with Crippen molar-refractivity contribution < 1.29 is 23.1 Å². The highest BCUT2D eigenvalue weighted by Crippen LogP contribution is 2.45. The van der Waals surface area contributed by atoms with Crippen LogP contribution in [0.1, 0.15) is 61.9 Å². The summed E-state index contributed by atoms with van der Waals surface area (Å²) in [7, 11) is 0. The Hall–Kier alpha value is -2.42. The molecule has 1 aliphatic heterocycles. The van der Waals surface area contributed by atoms with Crippen molar-refractivity contribution in [1.29, 1.82) is 0 Å². The van der Waals surface area contributed by atoms with Crippen LogP contribution in [0.25, 0.3) is 0 Å². The van der Waals surface area contributed by atoms with E-state index in [1.807, 2.05) is 0 Å². The summed E-state index contributed by atoms with van der Waals surface area (Å²) in [5.74, 6) is -1.38. The first-order valence-electron chi connectivity index (χ1n) is 10.2. The fraction of sp³-hybridized carbons (Fsp3) is 0.571. The monoisotopic (exact) mass is 422 g/mol. The molecule has 0 aromatic carbocycles. The maximum Gasteiger partial charge on any atom is 0.392 e. The van der Waals surface area contributed by atoms with Crippen LogP contribution in [0.15, 0.2) is 24.4 Å². The Bertz CT molecular complexity index is 920. The second-order valence-electron chi connectivity index (χ2n) is 8.51. The Labute approximate surface area is 172 Å². The molecule has 30 heavy (non-hydrogen) atoms. The number of hydrogen-bond acceptors (Lipinski definition) is 4. The SMILES string of the molecule is CC(O)(CC(=O)Nc1nn2c(c1C1CCC1)CC(C(F)(F)F)CC2)c1ccccn1. The van der Waals surface area contributed by atoms with Gasteiger partial charge < -0.3 is 10.4 Å². The van der Waals surface area contributed by atoms with Gasteiger partial charge in [0.1, 0.15) is 5.60 Å². The number of rotatable bonds is 5. The first-order valence-corrected chi connectivity index (χ1v) is 10.2.